The Labute approximate surface area is 99.2 Å². The highest BCUT2D eigenvalue weighted by molar-refractivity contribution is 6.30. The van der Waals surface area contributed by atoms with Crippen LogP contribution in [-0.2, 0) is 4.79 Å². The van der Waals surface area contributed by atoms with E-state index in [1.165, 1.54) is 7.05 Å². The molecule has 86 valence electrons. The highest BCUT2D eigenvalue weighted by Gasteiger charge is 2.14. The van der Waals surface area contributed by atoms with Crippen molar-refractivity contribution in [3.8, 4) is 0 Å². The van der Waals surface area contributed by atoms with Gasteiger partial charge in [-0.05, 0) is 24.3 Å². The van der Waals surface area contributed by atoms with Crippen LogP contribution >= 0.6 is 11.6 Å². The Hall–Kier alpha value is -1.55. The van der Waals surface area contributed by atoms with Crippen LogP contribution in [0.3, 0.4) is 0 Å². The van der Waals surface area contributed by atoms with E-state index in [0.29, 0.717) is 17.1 Å². The maximum Gasteiger partial charge on any atom is 0.328 e. The first-order valence-corrected chi connectivity index (χ1v) is 5.25. The van der Waals surface area contributed by atoms with Gasteiger partial charge in [-0.15, -0.1) is 0 Å². The molecule has 0 aliphatic carbocycles. The van der Waals surface area contributed by atoms with E-state index in [1.54, 1.807) is 31.2 Å². The van der Waals surface area contributed by atoms with Gasteiger partial charge in [-0.2, -0.15) is 0 Å². The molecule has 0 bridgehead atoms. The molecule has 0 fully saturated rings. The van der Waals surface area contributed by atoms with E-state index >= 15 is 0 Å². The van der Waals surface area contributed by atoms with E-state index in [4.69, 9.17) is 11.6 Å². The van der Waals surface area contributed by atoms with Gasteiger partial charge in [0.15, 0.2) is 0 Å². The molecule has 0 heterocycles. The van der Waals surface area contributed by atoms with Gasteiger partial charge in [-0.25, -0.2) is 4.79 Å². The average molecular weight is 241 g/mol. The summed E-state index contributed by atoms with van der Waals surface area (Å²) in [6.45, 7) is 1.70. The highest BCUT2D eigenvalue weighted by Crippen LogP contribution is 2.13. The van der Waals surface area contributed by atoms with Crippen LogP contribution in [0.1, 0.15) is 13.3 Å². The maximum absolute atomic E-state index is 11.6. The monoisotopic (exact) mass is 240 g/mol. The fourth-order valence-electron chi connectivity index (χ4n) is 1.09. The number of carbonyl (C=O) groups is 2. The number of imide groups is 1. The summed E-state index contributed by atoms with van der Waals surface area (Å²) in [6, 6.07) is 6.22. The van der Waals surface area contributed by atoms with Gasteiger partial charge in [-0.1, -0.05) is 18.5 Å². The number of nitrogens with zero attached hydrogens (tertiary/aromatic N) is 1. The van der Waals surface area contributed by atoms with Gasteiger partial charge in [-0.3, -0.25) is 9.69 Å². The molecule has 0 saturated heterocycles. The number of hydrogen-bond donors (Lipinski definition) is 1. The molecule has 0 spiro atoms. The molecule has 0 aliphatic rings. The van der Waals surface area contributed by atoms with Crippen LogP contribution < -0.4 is 5.32 Å². The largest absolute Gasteiger partial charge is 0.328 e. The van der Waals surface area contributed by atoms with Crippen molar-refractivity contribution in [3.05, 3.63) is 29.3 Å². The third-order valence-corrected chi connectivity index (χ3v) is 2.33. The van der Waals surface area contributed by atoms with Crippen LogP contribution in [0.2, 0.25) is 5.02 Å². The molecule has 1 aromatic carbocycles. The zero-order valence-corrected chi connectivity index (χ0v) is 9.91. The Balaban J connectivity index is 2.64. The summed E-state index contributed by atoms with van der Waals surface area (Å²) in [7, 11) is 1.44. The minimum Gasteiger partial charge on any atom is -0.307 e. The van der Waals surface area contributed by atoms with E-state index in [0.717, 1.165) is 4.90 Å². The van der Waals surface area contributed by atoms with Gasteiger partial charge in [0.25, 0.3) is 0 Å². The van der Waals surface area contributed by atoms with E-state index in [2.05, 4.69) is 5.32 Å². The molecule has 16 heavy (non-hydrogen) atoms. The lowest BCUT2D eigenvalue weighted by molar-refractivity contribution is -0.126. The molecule has 0 radical (unpaired) electrons. The highest BCUT2D eigenvalue weighted by atomic mass is 35.5. The lowest BCUT2D eigenvalue weighted by atomic mass is 10.3. The lowest BCUT2D eigenvalue weighted by Gasteiger charge is -2.15. The van der Waals surface area contributed by atoms with Crippen LogP contribution in [0.15, 0.2) is 24.3 Å². The first-order valence-electron chi connectivity index (χ1n) is 4.87. The normalized spacial score (nSPS) is 9.69. The van der Waals surface area contributed by atoms with Gasteiger partial charge in [0.05, 0.1) is 0 Å². The van der Waals surface area contributed by atoms with Crippen LogP contribution in [0.4, 0.5) is 10.5 Å². The fourth-order valence-corrected chi connectivity index (χ4v) is 1.22. The molecular formula is C11H13ClN2O2. The van der Waals surface area contributed by atoms with E-state index in [-0.39, 0.29) is 5.91 Å². The first kappa shape index (κ1) is 12.5. The van der Waals surface area contributed by atoms with E-state index in [1.807, 2.05) is 0 Å². The first-order chi connectivity index (χ1) is 7.54. The summed E-state index contributed by atoms with van der Waals surface area (Å²) in [6.07, 6.45) is 0.296. The van der Waals surface area contributed by atoms with E-state index in [9.17, 15) is 9.59 Å². The van der Waals surface area contributed by atoms with Gasteiger partial charge < -0.3 is 5.32 Å². The number of hydrogen-bond acceptors (Lipinski definition) is 2. The molecule has 1 aromatic rings. The van der Waals surface area contributed by atoms with Crippen molar-refractivity contribution in [2.75, 3.05) is 12.4 Å². The summed E-state index contributed by atoms with van der Waals surface area (Å²) in [5.41, 5.74) is 0.602. The van der Waals surface area contributed by atoms with Crippen molar-refractivity contribution >= 4 is 29.2 Å². The maximum atomic E-state index is 11.6. The number of anilines is 1. The molecule has 5 heteroatoms. The standard InChI is InChI=1S/C11H13ClN2O2/c1-3-10(15)14(2)11(16)13-9-6-4-8(12)5-7-9/h4-7H,3H2,1-2H3,(H,13,16). The SMILES string of the molecule is CCC(=O)N(C)C(=O)Nc1ccc(Cl)cc1. The molecule has 0 aromatic heterocycles. The third-order valence-electron chi connectivity index (χ3n) is 2.08. The number of nitrogens with one attached hydrogen (secondary N) is 1. The smallest absolute Gasteiger partial charge is 0.307 e. The van der Waals surface area contributed by atoms with Crippen LogP contribution in [0.25, 0.3) is 0 Å². The fraction of sp³-hybridized carbons (Fsp3) is 0.273. The number of halogens is 1. The van der Waals surface area contributed by atoms with Crippen LogP contribution in [0.5, 0.6) is 0 Å². The molecule has 0 saturated carbocycles. The topological polar surface area (TPSA) is 49.4 Å². The Bertz CT molecular complexity index is 389. The van der Waals surface area contributed by atoms with Gasteiger partial charge in [0, 0.05) is 24.2 Å². The zero-order chi connectivity index (χ0) is 12.1. The van der Waals surface area contributed by atoms with Crippen molar-refractivity contribution in [1.82, 2.24) is 4.90 Å². The number of benzene rings is 1. The summed E-state index contributed by atoms with van der Waals surface area (Å²) in [4.78, 5) is 23.9. The third kappa shape index (κ3) is 3.24. The molecule has 1 N–H and O–H groups in total. The van der Waals surface area contributed by atoms with Crippen LogP contribution in [-0.4, -0.2) is 23.9 Å². The predicted molar refractivity (Wildman–Crippen MR) is 63.5 cm³/mol. The lowest BCUT2D eigenvalue weighted by Crippen LogP contribution is -2.36. The number of carbonyl (C=O) groups excluding carboxylic acids is 2. The van der Waals surface area contributed by atoms with Crippen molar-refractivity contribution < 1.29 is 9.59 Å². The van der Waals surface area contributed by atoms with Gasteiger partial charge >= 0.3 is 6.03 Å². The second-order valence-corrected chi connectivity index (χ2v) is 3.68. The molecule has 0 unspecified atom stereocenters. The summed E-state index contributed by atoms with van der Waals surface area (Å²) in [5.74, 6) is -0.230. The minimum absolute atomic E-state index is 0.230. The van der Waals surface area contributed by atoms with E-state index < -0.39 is 6.03 Å². The van der Waals surface area contributed by atoms with Crippen molar-refractivity contribution in [1.29, 1.82) is 0 Å². The quantitative estimate of drug-likeness (QED) is 0.864. The molecule has 1 rings (SSSR count). The Morgan fingerprint density at radius 1 is 1.31 bits per heavy atom. The average Bonchev–Trinajstić information content (AvgIpc) is 2.30. The number of urea groups is 1. The molecule has 0 aliphatic heterocycles. The predicted octanol–water partition coefficient (Wildman–Crippen LogP) is 2.74. The summed E-state index contributed by atoms with van der Waals surface area (Å²) < 4.78 is 0. The molecule has 3 amide bonds. The Morgan fingerprint density at radius 3 is 2.38 bits per heavy atom. The number of rotatable bonds is 2. The Kier molecular flexibility index (Phi) is 4.31. The van der Waals surface area contributed by atoms with Crippen molar-refractivity contribution in [2.45, 2.75) is 13.3 Å². The summed E-state index contributed by atoms with van der Waals surface area (Å²) >= 11 is 5.71. The number of amides is 3. The second kappa shape index (κ2) is 5.51. The van der Waals surface area contributed by atoms with Gasteiger partial charge in [0.2, 0.25) is 5.91 Å². The minimum atomic E-state index is -0.450. The molecule has 4 nitrogen and oxygen atoms in total. The second-order valence-electron chi connectivity index (χ2n) is 3.24. The van der Waals surface area contributed by atoms with Crippen molar-refractivity contribution in [3.63, 3.8) is 0 Å². The van der Waals surface area contributed by atoms with Crippen LogP contribution in [0, 0.1) is 0 Å². The molecule has 0 atom stereocenters. The van der Waals surface area contributed by atoms with Crippen molar-refractivity contribution in [2.24, 2.45) is 0 Å². The Morgan fingerprint density at radius 2 is 1.88 bits per heavy atom. The molecular weight excluding hydrogens is 228 g/mol. The zero-order valence-electron chi connectivity index (χ0n) is 9.16. The summed E-state index contributed by atoms with van der Waals surface area (Å²) in [5, 5.41) is 3.19. The van der Waals surface area contributed by atoms with Gasteiger partial charge in [0.1, 0.15) is 0 Å².